The monoisotopic (exact) mass is 340 g/mol. The molecule has 0 radical (unpaired) electrons. The fourth-order valence-corrected chi connectivity index (χ4v) is 2.20. The molecule has 1 amide bonds. The summed E-state index contributed by atoms with van der Waals surface area (Å²) in [6.07, 6.45) is 0.138. The Kier molecular flexibility index (Phi) is 6.39. The Hall–Kier alpha value is -3.02. The van der Waals surface area contributed by atoms with Crippen molar-refractivity contribution in [2.75, 3.05) is 10.6 Å². The Morgan fingerprint density at radius 1 is 1.12 bits per heavy atom. The summed E-state index contributed by atoms with van der Waals surface area (Å²) >= 11 is 0. The highest BCUT2D eigenvalue weighted by Gasteiger charge is 2.01. The summed E-state index contributed by atoms with van der Waals surface area (Å²) in [6, 6.07) is 15.0. The summed E-state index contributed by atoms with van der Waals surface area (Å²) in [6.45, 7) is 5.86. The van der Waals surface area contributed by atoms with Gasteiger partial charge in [-0.05, 0) is 55.8 Å². The van der Waals surface area contributed by atoms with Crippen molar-refractivity contribution in [2.24, 2.45) is 10.7 Å². The molecule has 0 unspecified atom stereocenters. The first-order chi connectivity index (χ1) is 11.9. The summed E-state index contributed by atoms with van der Waals surface area (Å²) in [4.78, 5) is 15.4. The highest BCUT2D eigenvalue weighted by atomic mass is 16.5. The maximum atomic E-state index is 11.1. The molecule has 25 heavy (non-hydrogen) atoms. The third-order valence-electron chi connectivity index (χ3n) is 3.18. The topological polar surface area (TPSA) is 88.7 Å². The number of carbonyl (C=O) groups is 1. The normalized spacial score (nSPS) is 11.3. The van der Waals surface area contributed by atoms with E-state index in [4.69, 9.17) is 10.5 Å². The van der Waals surface area contributed by atoms with Gasteiger partial charge in [0.05, 0.1) is 12.6 Å². The molecule has 0 atom stereocenters. The average molecular weight is 340 g/mol. The van der Waals surface area contributed by atoms with E-state index in [1.807, 2.05) is 62.4 Å². The fourth-order valence-electron chi connectivity index (χ4n) is 2.20. The molecule has 0 fully saturated rings. The number of rotatable bonds is 6. The van der Waals surface area contributed by atoms with Gasteiger partial charge in [-0.1, -0.05) is 12.1 Å². The number of aliphatic imine (C=N–C) groups is 1. The van der Waals surface area contributed by atoms with E-state index in [0.29, 0.717) is 12.5 Å². The van der Waals surface area contributed by atoms with Crippen molar-refractivity contribution in [3.05, 3.63) is 54.1 Å². The van der Waals surface area contributed by atoms with Crippen molar-refractivity contribution in [2.45, 2.75) is 33.4 Å². The Morgan fingerprint density at radius 3 is 2.48 bits per heavy atom. The van der Waals surface area contributed by atoms with Crippen molar-refractivity contribution in [3.63, 3.8) is 0 Å². The molecule has 2 aromatic rings. The van der Waals surface area contributed by atoms with Crippen molar-refractivity contribution >= 4 is 23.2 Å². The quantitative estimate of drug-likeness (QED) is 0.556. The molecule has 6 heteroatoms. The van der Waals surface area contributed by atoms with Gasteiger partial charge in [-0.15, -0.1) is 0 Å². The van der Waals surface area contributed by atoms with Crippen LogP contribution >= 0.6 is 0 Å². The van der Waals surface area contributed by atoms with Crippen molar-refractivity contribution in [1.82, 2.24) is 0 Å². The van der Waals surface area contributed by atoms with Crippen LogP contribution in [0.2, 0.25) is 0 Å². The van der Waals surface area contributed by atoms with Crippen LogP contribution in [0.3, 0.4) is 0 Å². The molecule has 2 rings (SSSR count). The molecule has 132 valence electrons. The molecule has 0 aliphatic rings. The van der Waals surface area contributed by atoms with Gasteiger partial charge in [0, 0.05) is 18.3 Å². The Balaban J connectivity index is 1.94. The van der Waals surface area contributed by atoms with Crippen molar-refractivity contribution in [3.8, 4) is 5.75 Å². The summed E-state index contributed by atoms with van der Waals surface area (Å²) in [5.74, 6) is 1.03. The largest absolute Gasteiger partial charge is 0.491 e. The highest BCUT2D eigenvalue weighted by molar-refractivity contribution is 5.92. The first-order valence-corrected chi connectivity index (χ1v) is 8.12. The molecule has 0 heterocycles. The Labute approximate surface area is 148 Å². The fraction of sp³-hybridized carbons (Fsp3) is 0.263. The number of hydrogen-bond donors (Lipinski definition) is 3. The maximum Gasteiger partial charge on any atom is 0.221 e. The number of ether oxygens (including phenoxy) is 1. The number of benzene rings is 2. The summed E-state index contributed by atoms with van der Waals surface area (Å²) in [5.41, 5.74) is 8.46. The second-order valence-corrected chi connectivity index (χ2v) is 5.90. The lowest BCUT2D eigenvalue weighted by atomic mass is 10.2. The summed E-state index contributed by atoms with van der Waals surface area (Å²) in [5, 5.41) is 5.79. The second-order valence-electron chi connectivity index (χ2n) is 5.90. The SMILES string of the molecule is CC(=O)Nc1cccc(CN=C(N)Nc2ccc(OC(C)C)cc2)c1. The number of nitrogens with one attached hydrogen (secondary N) is 2. The lowest BCUT2D eigenvalue weighted by Crippen LogP contribution is -2.22. The van der Waals surface area contributed by atoms with Gasteiger partial charge in [-0.25, -0.2) is 4.99 Å². The zero-order valence-corrected chi connectivity index (χ0v) is 14.7. The lowest BCUT2D eigenvalue weighted by molar-refractivity contribution is -0.114. The molecule has 6 nitrogen and oxygen atoms in total. The van der Waals surface area contributed by atoms with Crippen molar-refractivity contribution in [1.29, 1.82) is 0 Å². The molecule has 0 spiro atoms. The van der Waals surface area contributed by atoms with E-state index in [1.54, 1.807) is 0 Å². The van der Waals surface area contributed by atoms with Crippen LogP contribution in [0.5, 0.6) is 5.75 Å². The van der Waals surface area contributed by atoms with Crippen LogP contribution in [-0.2, 0) is 11.3 Å². The summed E-state index contributed by atoms with van der Waals surface area (Å²) < 4.78 is 5.60. The van der Waals surface area contributed by atoms with E-state index in [-0.39, 0.29) is 12.0 Å². The number of guanidine groups is 1. The van der Waals surface area contributed by atoms with Gasteiger partial charge in [0.25, 0.3) is 0 Å². The van der Waals surface area contributed by atoms with E-state index < -0.39 is 0 Å². The number of carbonyl (C=O) groups excluding carboxylic acids is 1. The predicted molar refractivity (Wildman–Crippen MR) is 102 cm³/mol. The van der Waals surface area contributed by atoms with Crippen LogP contribution in [0.1, 0.15) is 26.3 Å². The highest BCUT2D eigenvalue weighted by Crippen LogP contribution is 2.17. The summed E-state index contributed by atoms with van der Waals surface area (Å²) in [7, 11) is 0. The van der Waals surface area contributed by atoms with Gasteiger partial charge in [-0.2, -0.15) is 0 Å². The molecule has 0 aliphatic carbocycles. The predicted octanol–water partition coefficient (Wildman–Crippen LogP) is 3.36. The van der Waals surface area contributed by atoms with Crippen LogP contribution in [0, 0.1) is 0 Å². The Bertz CT molecular complexity index is 739. The van der Waals surface area contributed by atoms with Gasteiger partial charge < -0.3 is 21.1 Å². The zero-order valence-electron chi connectivity index (χ0n) is 14.7. The van der Waals surface area contributed by atoms with Crippen LogP contribution in [0.15, 0.2) is 53.5 Å². The molecular formula is C19H24N4O2. The molecule has 0 bridgehead atoms. The molecular weight excluding hydrogens is 316 g/mol. The number of hydrogen-bond acceptors (Lipinski definition) is 3. The zero-order chi connectivity index (χ0) is 18.2. The molecule has 2 aromatic carbocycles. The number of nitrogens with zero attached hydrogens (tertiary/aromatic N) is 1. The van der Waals surface area contributed by atoms with E-state index in [0.717, 1.165) is 22.7 Å². The molecule has 0 saturated carbocycles. The number of anilines is 2. The number of nitrogens with two attached hydrogens (primary N) is 1. The minimum absolute atomic E-state index is 0.105. The lowest BCUT2D eigenvalue weighted by Gasteiger charge is -2.11. The van der Waals surface area contributed by atoms with E-state index >= 15 is 0 Å². The smallest absolute Gasteiger partial charge is 0.221 e. The maximum absolute atomic E-state index is 11.1. The van der Waals surface area contributed by atoms with Gasteiger partial charge in [0.15, 0.2) is 5.96 Å². The first kappa shape index (κ1) is 18.3. The molecule has 4 N–H and O–H groups in total. The van der Waals surface area contributed by atoms with Crippen LogP contribution in [-0.4, -0.2) is 18.0 Å². The van der Waals surface area contributed by atoms with Crippen LogP contribution < -0.4 is 21.1 Å². The second kappa shape index (κ2) is 8.73. The minimum Gasteiger partial charge on any atom is -0.491 e. The molecule has 0 saturated heterocycles. The third-order valence-corrected chi connectivity index (χ3v) is 3.18. The number of amides is 1. The molecule has 0 aromatic heterocycles. The van der Waals surface area contributed by atoms with Crippen molar-refractivity contribution < 1.29 is 9.53 Å². The van der Waals surface area contributed by atoms with Crippen LogP contribution in [0.25, 0.3) is 0 Å². The van der Waals surface area contributed by atoms with Crippen LogP contribution in [0.4, 0.5) is 11.4 Å². The van der Waals surface area contributed by atoms with E-state index in [1.165, 1.54) is 6.92 Å². The third kappa shape index (κ3) is 6.55. The van der Waals surface area contributed by atoms with E-state index in [9.17, 15) is 4.79 Å². The van der Waals surface area contributed by atoms with Gasteiger partial charge >= 0.3 is 0 Å². The Morgan fingerprint density at radius 2 is 1.84 bits per heavy atom. The average Bonchev–Trinajstić information content (AvgIpc) is 2.54. The standard InChI is InChI=1S/C19H24N4O2/c1-13(2)25-18-9-7-16(8-10-18)23-19(20)21-12-15-5-4-6-17(11-15)22-14(3)24/h4-11,13H,12H2,1-3H3,(H,22,24)(H3,20,21,23). The van der Waals surface area contributed by atoms with Gasteiger partial charge in [0.1, 0.15) is 5.75 Å². The minimum atomic E-state index is -0.105. The van der Waals surface area contributed by atoms with Gasteiger partial charge in [0.2, 0.25) is 5.91 Å². The molecule has 0 aliphatic heterocycles. The van der Waals surface area contributed by atoms with E-state index in [2.05, 4.69) is 15.6 Å². The van der Waals surface area contributed by atoms with Gasteiger partial charge in [-0.3, -0.25) is 4.79 Å². The first-order valence-electron chi connectivity index (χ1n) is 8.12.